The first-order valence-corrected chi connectivity index (χ1v) is 16.0. The predicted molar refractivity (Wildman–Crippen MR) is 196 cm³/mol. The van der Waals surface area contributed by atoms with Crippen LogP contribution in [0.3, 0.4) is 0 Å². The van der Waals surface area contributed by atoms with Crippen molar-refractivity contribution in [1.29, 1.82) is 0 Å². The molecule has 0 unspecified atom stereocenters. The lowest BCUT2D eigenvalue weighted by Crippen LogP contribution is -2.11. The maximum Gasteiger partial charge on any atom is 0.135 e. The zero-order valence-electron chi connectivity index (χ0n) is 25.5. The van der Waals surface area contributed by atoms with Crippen molar-refractivity contribution in [1.82, 2.24) is 4.57 Å². The highest BCUT2D eigenvalue weighted by Gasteiger charge is 2.24. The van der Waals surface area contributed by atoms with E-state index in [-0.39, 0.29) is 0 Å². The van der Waals surface area contributed by atoms with Gasteiger partial charge >= 0.3 is 0 Å². The number of rotatable bonds is 4. The van der Waals surface area contributed by atoms with Gasteiger partial charge in [0.1, 0.15) is 11.5 Å². The second-order valence-electron chi connectivity index (χ2n) is 12.2. The largest absolute Gasteiger partial charge is 0.456 e. The van der Waals surface area contributed by atoms with E-state index in [0.717, 1.165) is 50.6 Å². The number of ether oxygens (including phenoxy) is 1. The van der Waals surface area contributed by atoms with Crippen LogP contribution in [0.2, 0.25) is 0 Å². The molecule has 10 rings (SSSR count). The van der Waals surface area contributed by atoms with Crippen LogP contribution in [0.4, 0.5) is 17.1 Å². The fraction of sp³-hybridized carbons (Fsp3) is 0. The molecule has 0 N–H and O–H groups in total. The van der Waals surface area contributed by atoms with Gasteiger partial charge in [0.15, 0.2) is 0 Å². The molecule has 1 aliphatic heterocycles. The molecule has 9 aromatic rings. The van der Waals surface area contributed by atoms with Gasteiger partial charge in [-0.15, -0.1) is 0 Å². The van der Waals surface area contributed by atoms with Crippen LogP contribution in [-0.2, 0) is 0 Å². The minimum atomic E-state index is 0.887. The van der Waals surface area contributed by atoms with Crippen LogP contribution in [0, 0.1) is 0 Å². The molecule has 2 heterocycles. The molecule has 0 saturated carbocycles. The van der Waals surface area contributed by atoms with E-state index in [2.05, 4.69) is 167 Å². The average Bonchev–Trinajstić information content (AvgIpc) is 3.46. The summed E-state index contributed by atoms with van der Waals surface area (Å²) in [5.74, 6) is 1.78. The highest BCUT2D eigenvalue weighted by molar-refractivity contribution is 6.13. The zero-order valence-corrected chi connectivity index (χ0v) is 25.5. The summed E-state index contributed by atoms with van der Waals surface area (Å²) in [6.07, 6.45) is 0. The normalized spacial score (nSPS) is 12.0. The number of benzene rings is 8. The first-order chi connectivity index (χ1) is 23.3. The molecule has 0 bridgehead atoms. The van der Waals surface area contributed by atoms with Crippen molar-refractivity contribution in [2.45, 2.75) is 0 Å². The van der Waals surface area contributed by atoms with Gasteiger partial charge in [-0.25, -0.2) is 0 Å². The standard InChI is InChI=1S/C44H28N2O/c1-2-13-31(14-3-1)46-39-18-8-6-15-34(39)38-28-33(23-25-41(38)46)45(32-22-21-29-11-4-5-12-30(29)27-32)40-26-24-36-35-16-7-9-19-42(35)47-43-20-10-17-37(40)44(36)43/h1-28H. The Hall–Kier alpha value is -6.32. The second kappa shape index (κ2) is 10.1. The van der Waals surface area contributed by atoms with E-state index in [1.54, 1.807) is 0 Å². The van der Waals surface area contributed by atoms with E-state index in [1.165, 1.54) is 38.1 Å². The van der Waals surface area contributed by atoms with E-state index in [4.69, 9.17) is 4.74 Å². The Kier molecular flexibility index (Phi) is 5.57. The summed E-state index contributed by atoms with van der Waals surface area (Å²) in [4.78, 5) is 2.41. The molecular formula is C44H28N2O. The lowest BCUT2D eigenvalue weighted by atomic mass is 9.93. The number of nitrogens with zero attached hydrogens (tertiary/aromatic N) is 2. The van der Waals surface area contributed by atoms with Crippen LogP contribution < -0.4 is 9.64 Å². The lowest BCUT2D eigenvalue weighted by Gasteiger charge is -2.29. The maximum absolute atomic E-state index is 6.48. The lowest BCUT2D eigenvalue weighted by molar-refractivity contribution is 0.487. The van der Waals surface area contributed by atoms with Crippen LogP contribution in [0.25, 0.3) is 60.2 Å². The highest BCUT2D eigenvalue weighted by Crippen LogP contribution is 2.50. The van der Waals surface area contributed by atoms with Gasteiger partial charge in [0.05, 0.1) is 16.7 Å². The summed E-state index contributed by atoms with van der Waals surface area (Å²) in [6, 6.07) is 60.8. The Morgan fingerprint density at radius 3 is 2.06 bits per heavy atom. The number of aromatic nitrogens is 1. The number of hydrogen-bond acceptors (Lipinski definition) is 2. The van der Waals surface area contributed by atoms with Crippen LogP contribution in [0.5, 0.6) is 11.5 Å². The minimum Gasteiger partial charge on any atom is -0.456 e. The minimum absolute atomic E-state index is 0.887. The molecule has 3 nitrogen and oxygen atoms in total. The SMILES string of the molecule is c1ccc(-n2c3ccccc3c3cc(N(c4ccc5ccccc5c4)c4ccc5c6c(cccc46)Oc4ccccc4-5)ccc32)cc1. The van der Waals surface area contributed by atoms with E-state index in [1.807, 2.05) is 12.1 Å². The molecule has 0 spiro atoms. The van der Waals surface area contributed by atoms with Gasteiger partial charge in [0.25, 0.3) is 0 Å². The van der Waals surface area contributed by atoms with Gasteiger partial charge in [0, 0.05) is 44.2 Å². The van der Waals surface area contributed by atoms with Gasteiger partial charge in [0.2, 0.25) is 0 Å². The summed E-state index contributed by atoms with van der Waals surface area (Å²) in [6.45, 7) is 0. The van der Waals surface area contributed by atoms with Gasteiger partial charge in [-0.3, -0.25) is 0 Å². The Morgan fingerprint density at radius 2 is 1.13 bits per heavy atom. The van der Waals surface area contributed by atoms with Crippen molar-refractivity contribution in [3.05, 3.63) is 170 Å². The van der Waals surface area contributed by atoms with Gasteiger partial charge in [-0.05, 0) is 83.1 Å². The molecule has 0 fully saturated rings. The first kappa shape index (κ1) is 26.0. The topological polar surface area (TPSA) is 17.4 Å². The average molecular weight is 601 g/mol. The smallest absolute Gasteiger partial charge is 0.135 e. The van der Waals surface area contributed by atoms with Crippen molar-refractivity contribution < 1.29 is 4.74 Å². The quantitative estimate of drug-likeness (QED) is 0.200. The Bertz CT molecular complexity index is 2670. The molecule has 0 amide bonds. The molecule has 8 aromatic carbocycles. The van der Waals surface area contributed by atoms with E-state index in [0.29, 0.717) is 0 Å². The Labute approximate surface area is 272 Å². The molecule has 47 heavy (non-hydrogen) atoms. The number of fused-ring (bicyclic) bond motifs is 6. The van der Waals surface area contributed by atoms with Crippen LogP contribution >= 0.6 is 0 Å². The molecule has 0 saturated heterocycles. The van der Waals surface area contributed by atoms with Crippen molar-refractivity contribution in [3.63, 3.8) is 0 Å². The molecule has 0 atom stereocenters. The third-order valence-electron chi connectivity index (χ3n) is 9.54. The molecule has 220 valence electrons. The van der Waals surface area contributed by atoms with Crippen molar-refractivity contribution >= 4 is 60.4 Å². The number of para-hydroxylation sites is 3. The molecular weight excluding hydrogens is 572 g/mol. The third kappa shape index (κ3) is 3.93. The number of hydrogen-bond donors (Lipinski definition) is 0. The van der Waals surface area contributed by atoms with Crippen molar-refractivity contribution in [2.75, 3.05) is 4.90 Å². The summed E-state index contributed by atoms with van der Waals surface area (Å²) in [5.41, 5.74) is 9.16. The first-order valence-electron chi connectivity index (χ1n) is 16.0. The Morgan fingerprint density at radius 1 is 0.426 bits per heavy atom. The predicted octanol–water partition coefficient (Wildman–Crippen LogP) is 12.3. The molecule has 0 aliphatic carbocycles. The fourth-order valence-corrected chi connectivity index (χ4v) is 7.46. The molecule has 1 aromatic heterocycles. The van der Waals surface area contributed by atoms with E-state index >= 15 is 0 Å². The van der Waals surface area contributed by atoms with Crippen molar-refractivity contribution in [3.8, 4) is 28.3 Å². The van der Waals surface area contributed by atoms with E-state index < -0.39 is 0 Å². The number of anilines is 3. The monoisotopic (exact) mass is 600 g/mol. The summed E-state index contributed by atoms with van der Waals surface area (Å²) < 4.78 is 8.85. The maximum atomic E-state index is 6.48. The molecule has 0 radical (unpaired) electrons. The highest BCUT2D eigenvalue weighted by atomic mass is 16.5. The van der Waals surface area contributed by atoms with Gasteiger partial charge < -0.3 is 14.2 Å². The third-order valence-corrected chi connectivity index (χ3v) is 9.54. The van der Waals surface area contributed by atoms with Gasteiger partial charge in [-0.2, -0.15) is 0 Å². The van der Waals surface area contributed by atoms with Crippen LogP contribution in [-0.4, -0.2) is 4.57 Å². The van der Waals surface area contributed by atoms with Crippen LogP contribution in [0.15, 0.2) is 170 Å². The van der Waals surface area contributed by atoms with Crippen LogP contribution in [0.1, 0.15) is 0 Å². The Balaban J connectivity index is 1.26. The van der Waals surface area contributed by atoms with Crippen molar-refractivity contribution in [2.24, 2.45) is 0 Å². The fourth-order valence-electron chi connectivity index (χ4n) is 7.46. The van der Waals surface area contributed by atoms with E-state index in [9.17, 15) is 0 Å². The molecule has 3 heteroatoms. The summed E-state index contributed by atoms with van der Waals surface area (Å²) in [7, 11) is 0. The summed E-state index contributed by atoms with van der Waals surface area (Å²) in [5, 5.41) is 7.16. The second-order valence-corrected chi connectivity index (χ2v) is 12.2. The molecule has 1 aliphatic rings. The zero-order chi connectivity index (χ0) is 30.9. The summed E-state index contributed by atoms with van der Waals surface area (Å²) >= 11 is 0. The van der Waals surface area contributed by atoms with Gasteiger partial charge in [-0.1, -0.05) is 103 Å².